The number of benzene rings is 2. The third-order valence-electron chi connectivity index (χ3n) is 4.98. The summed E-state index contributed by atoms with van der Waals surface area (Å²) in [6.45, 7) is 7.79. The van der Waals surface area contributed by atoms with E-state index in [1.807, 2.05) is 57.2 Å². The maximum atomic E-state index is 13.3. The van der Waals surface area contributed by atoms with E-state index in [4.69, 9.17) is 21.1 Å². The minimum Gasteiger partial charge on any atom is -0.493 e. The van der Waals surface area contributed by atoms with Crippen molar-refractivity contribution in [3.8, 4) is 11.5 Å². The van der Waals surface area contributed by atoms with Crippen molar-refractivity contribution in [1.82, 2.24) is 10.2 Å². The summed E-state index contributed by atoms with van der Waals surface area (Å²) in [5.41, 5.74) is 1.42. The van der Waals surface area contributed by atoms with Crippen LogP contribution in [0.1, 0.15) is 45.2 Å². The molecule has 6 nitrogen and oxygen atoms in total. The molecule has 1 atom stereocenters. The molecular weight excluding hydrogens is 428 g/mol. The Hall–Kier alpha value is -2.73. The minimum atomic E-state index is -0.633. The van der Waals surface area contributed by atoms with Crippen molar-refractivity contribution in [2.24, 2.45) is 0 Å². The van der Waals surface area contributed by atoms with E-state index in [0.29, 0.717) is 29.5 Å². The molecule has 0 saturated carbocycles. The van der Waals surface area contributed by atoms with E-state index in [-0.39, 0.29) is 18.2 Å². The van der Waals surface area contributed by atoms with Gasteiger partial charge in [0.15, 0.2) is 11.5 Å². The molecule has 32 heavy (non-hydrogen) atoms. The van der Waals surface area contributed by atoms with Crippen LogP contribution in [0.3, 0.4) is 0 Å². The predicted octanol–water partition coefficient (Wildman–Crippen LogP) is 4.62. The second-order valence-corrected chi connectivity index (χ2v) is 9.19. The molecule has 0 bridgehead atoms. The van der Waals surface area contributed by atoms with Crippen LogP contribution in [-0.2, 0) is 22.6 Å². The highest BCUT2D eigenvalue weighted by Crippen LogP contribution is 2.28. The molecule has 1 N–H and O–H groups in total. The topological polar surface area (TPSA) is 67.9 Å². The summed E-state index contributed by atoms with van der Waals surface area (Å²) in [5, 5.41) is 3.55. The van der Waals surface area contributed by atoms with Crippen molar-refractivity contribution in [1.29, 1.82) is 0 Å². The number of nitrogens with zero attached hydrogens (tertiary/aromatic N) is 1. The summed E-state index contributed by atoms with van der Waals surface area (Å²) >= 11 is 6.13. The first kappa shape index (κ1) is 25.5. The molecule has 2 amide bonds. The number of rotatable bonds is 9. The first-order chi connectivity index (χ1) is 15.0. The highest BCUT2D eigenvalue weighted by molar-refractivity contribution is 6.30. The lowest BCUT2D eigenvalue weighted by Crippen LogP contribution is -2.52. The van der Waals surface area contributed by atoms with Crippen LogP contribution in [0.25, 0.3) is 0 Å². The zero-order chi connectivity index (χ0) is 23.9. The van der Waals surface area contributed by atoms with Gasteiger partial charge in [-0.3, -0.25) is 9.59 Å². The number of nitrogens with one attached hydrogen (secondary N) is 1. The molecule has 0 unspecified atom stereocenters. The lowest BCUT2D eigenvalue weighted by molar-refractivity contribution is -0.141. The zero-order valence-corrected chi connectivity index (χ0v) is 20.5. The van der Waals surface area contributed by atoms with E-state index < -0.39 is 11.6 Å². The standard InChI is InChI=1S/C25H33ClN2O4/c1-17(24(30)27-25(2,3)4)28(16-19-8-7-9-20(26)14-19)23(29)13-11-18-10-12-21(31-5)22(15-18)32-6/h7-10,12,14-15,17H,11,13,16H2,1-6H3,(H,27,30)/t17-/m1/s1. The number of amides is 2. The summed E-state index contributed by atoms with van der Waals surface area (Å²) in [6, 6.07) is 12.3. The van der Waals surface area contributed by atoms with Gasteiger partial charge in [-0.2, -0.15) is 0 Å². The minimum absolute atomic E-state index is 0.115. The summed E-state index contributed by atoms with van der Waals surface area (Å²) in [7, 11) is 3.16. The van der Waals surface area contributed by atoms with Crippen LogP contribution in [0.5, 0.6) is 11.5 Å². The average molecular weight is 461 g/mol. The number of carbonyl (C=O) groups is 2. The maximum Gasteiger partial charge on any atom is 0.242 e. The second-order valence-electron chi connectivity index (χ2n) is 8.76. The second kappa shape index (κ2) is 11.2. The van der Waals surface area contributed by atoms with E-state index in [1.165, 1.54) is 0 Å². The fraction of sp³-hybridized carbons (Fsp3) is 0.440. The SMILES string of the molecule is COc1ccc(CCC(=O)N(Cc2cccc(Cl)c2)[C@H](C)C(=O)NC(C)(C)C)cc1OC. The van der Waals surface area contributed by atoms with Gasteiger partial charge < -0.3 is 19.7 Å². The van der Waals surface area contributed by atoms with E-state index in [1.54, 1.807) is 32.1 Å². The van der Waals surface area contributed by atoms with Crippen LogP contribution in [0.2, 0.25) is 5.02 Å². The Kier molecular flexibility index (Phi) is 8.96. The lowest BCUT2D eigenvalue weighted by Gasteiger charge is -2.31. The van der Waals surface area contributed by atoms with Gasteiger partial charge in [-0.15, -0.1) is 0 Å². The third-order valence-corrected chi connectivity index (χ3v) is 5.22. The fourth-order valence-corrected chi connectivity index (χ4v) is 3.53. The van der Waals surface area contributed by atoms with E-state index in [0.717, 1.165) is 11.1 Å². The van der Waals surface area contributed by atoms with Gasteiger partial charge in [0, 0.05) is 23.5 Å². The van der Waals surface area contributed by atoms with Crippen LogP contribution in [-0.4, -0.2) is 42.5 Å². The molecule has 0 aliphatic carbocycles. The zero-order valence-electron chi connectivity index (χ0n) is 19.7. The van der Waals surface area contributed by atoms with Gasteiger partial charge in [0.25, 0.3) is 0 Å². The van der Waals surface area contributed by atoms with Crippen LogP contribution in [0, 0.1) is 0 Å². The molecule has 2 aromatic rings. The Morgan fingerprint density at radius 2 is 1.72 bits per heavy atom. The molecule has 0 fully saturated rings. The smallest absolute Gasteiger partial charge is 0.242 e. The van der Waals surface area contributed by atoms with Gasteiger partial charge in [0.1, 0.15) is 6.04 Å². The molecule has 2 rings (SSSR count). The first-order valence-electron chi connectivity index (χ1n) is 10.6. The normalized spacial score (nSPS) is 12.1. The fourth-order valence-electron chi connectivity index (χ4n) is 3.32. The third kappa shape index (κ3) is 7.45. The molecule has 2 aromatic carbocycles. The number of aryl methyl sites for hydroxylation is 1. The van der Waals surface area contributed by atoms with Gasteiger partial charge in [-0.25, -0.2) is 0 Å². The van der Waals surface area contributed by atoms with Crippen LogP contribution < -0.4 is 14.8 Å². The van der Waals surface area contributed by atoms with Gasteiger partial charge in [0.05, 0.1) is 14.2 Å². The Balaban J connectivity index is 2.20. The number of hydrogen-bond donors (Lipinski definition) is 1. The van der Waals surface area contributed by atoms with E-state index in [2.05, 4.69) is 5.32 Å². The van der Waals surface area contributed by atoms with Crippen molar-refractivity contribution in [2.75, 3.05) is 14.2 Å². The van der Waals surface area contributed by atoms with Gasteiger partial charge in [0.2, 0.25) is 11.8 Å². The van der Waals surface area contributed by atoms with Crippen molar-refractivity contribution in [3.63, 3.8) is 0 Å². The van der Waals surface area contributed by atoms with Gasteiger partial charge >= 0.3 is 0 Å². The largest absolute Gasteiger partial charge is 0.493 e. The Morgan fingerprint density at radius 1 is 1.03 bits per heavy atom. The molecule has 0 saturated heterocycles. The van der Waals surface area contributed by atoms with Crippen molar-refractivity contribution in [2.45, 2.75) is 58.7 Å². The highest BCUT2D eigenvalue weighted by Gasteiger charge is 2.28. The molecule has 0 spiro atoms. The monoisotopic (exact) mass is 460 g/mol. The molecule has 0 aromatic heterocycles. The first-order valence-corrected chi connectivity index (χ1v) is 11.0. The molecule has 0 radical (unpaired) electrons. The summed E-state index contributed by atoms with van der Waals surface area (Å²) in [4.78, 5) is 27.7. The van der Waals surface area contributed by atoms with E-state index >= 15 is 0 Å². The van der Waals surface area contributed by atoms with Crippen molar-refractivity contribution < 1.29 is 19.1 Å². The number of ether oxygens (including phenoxy) is 2. The van der Waals surface area contributed by atoms with E-state index in [9.17, 15) is 9.59 Å². The quantitative estimate of drug-likeness (QED) is 0.592. The summed E-state index contributed by atoms with van der Waals surface area (Å²) < 4.78 is 10.6. The lowest BCUT2D eigenvalue weighted by atomic mass is 10.1. The Morgan fingerprint density at radius 3 is 2.31 bits per heavy atom. The highest BCUT2D eigenvalue weighted by atomic mass is 35.5. The van der Waals surface area contributed by atoms with Crippen LogP contribution in [0.15, 0.2) is 42.5 Å². The van der Waals surface area contributed by atoms with Crippen molar-refractivity contribution >= 4 is 23.4 Å². The maximum absolute atomic E-state index is 13.3. The number of carbonyl (C=O) groups excluding carboxylic acids is 2. The van der Waals surface area contributed by atoms with Gasteiger partial charge in [-0.05, 0) is 69.5 Å². The molecule has 0 aliphatic rings. The number of methoxy groups -OCH3 is 2. The molecule has 0 heterocycles. The van der Waals surface area contributed by atoms with Crippen LogP contribution >= 0.6 is 11.6 Å². The number of hydrogen-bond acceptors (Lipinski definition) is 4. The number of halogens is 1. The molecule has 174 valence electrons. The average Bonchev–Trinajstić information content (AvgIpc) is 2.73. The Bertz CT molecular complexity index is 940. The molecule has 0 aliphatic heterocycles. The van der Waals surface area contributed by atoms with Gasteiger partial charge in [-0.1, -0.05) is 29.8 Å². The Labute approximate surface area is 195 Å². The summed E-state index contributed by atoms with van der Waals surface area (Å²) in [6.07, 6.45) is 0.766. The van der Waals surface area contributed by atoms with Crippen LogP contribution in [0.4, 0.5) is 0 Å². The van der Waals surface area contributed by atoms with Crippen molar-refractivity contribution in [3.05, 3.63) is 58.6 Å². The molecule has 7 heteroatoms. The molecular formula is C25H33ClN2O4. The predicted molar refractivity (Wildman–Crippen MR) is 127 cm³/mol. The summed E-state index contributed by atoms with van der Waals surface area (Å²) in [5.74, 6) is 0.944.